The van der Waals surface area contributed by atoms with Crippen molar-refractivity contribution in [2.45, 2.75) is 24.8 Å². The summed E-state index contributed by atoms with van der Waals surface area (Å²) >= 11 is 0. The molecule has 2 aliphatic rings. The van der Waals surface area contributed by atoms with Crippen LogP contribution in [-0.2, 0) is 0 Å². The molecular formula is C8H16N2. The van der Waals surface area contributed by atoms with Gasteiger partial charge in [0.25, 0.3) is 0 Å². The first-order valence-electron chi connectivity index (χ1n) is 4.24. The van der Waals surface area contributed by atoms with Crippen molar-refractivity contribution in [3.63, 3.8) is 0 Å². The number of hydrogen-bond donors (Lipinski definition) is 1. The lowest BCUT2D eigenvalue weighted by molar-refractivity contribution is 0.353. The molecule has 1 aliphatic heterocycles. The highest BCUT2D eigenvalue weighted by Crippen LogP contribution is 2.39. The molecule has 1 saturated carbocycles. The van der Waals surface area contributed by atoms with Crippen LogP contribution in [0.5, 0.6) is 0 Å². The molecule has 2 rings (SSSR count). The molecule has 0 aromatic rings. The van der Waals surface area contributed by atoms with Crippen LogP contribution in [0.15, 0.2) is 0 Å². The molecule has 10 heavy (non-hydrogen) atoms. The van der Waals surface area contributed by atoms with Crippen molar-refractivity contribution in [1.82, 2.24) is 10.2 Å². The van der Waals surface area contributed by atoms with Gasteiger partial charge in [-0.2, -0.15) is 0 Å². The summed E-state index contributed by atoms with van der Waals surface area (Å²) in [6.07, 6.45) is 4.20. The molecule has 0 radical (unpaired) electrons. The summed E-state index contributed by atoms with van der Waals surface area (Å²) in [5.41, 5.74) is 0.602. The average Bonchev–Trinajstić information content (AvgIpc) is 2.67. The van der Waals surface area contributed by atoms with E-state index in [2.05, 4.69) is 17.3 Å². The Morgan fingerprint density at radius 3 is 2.70 bits per heavy atom. The Bertz CT molecular complexity index is 129. The van der Waals surface area contributed by atoms with Gasteiger partial charge in [-0.05, 0) is 32.9 Å². The van der Waals surface area contributed by atoms with Gasteiger partial charge in [-0.3, -0.25) is 0 Å². The normalized spacial score (nSPS) is 32.1. The number of nitrogens with one attached hydrogen (secondary N) is 1. The van der Waals surface area contributed by atoms with E-state index in [9.17, 15) is 0 Å². The minimum absolute atomic E-state index is 0.602. The van der Waals surface area contributed by atoms with Gasteiger partial charge in [-0.25, -0.2) is 0 Å². The van der Waals surface area contributed by atoms with Crippen molar-refractivity contribution in [3.05, 3.63) is 0 Å². The lowest BCUT2D eigenvalue weighted by atomic mass is 10.2. The Morgan fingerprint density at radius 2 is 2.00 bits per heavy atom. The van der Waals surface area contributed by atoms with E-state index < -0.39 is 0 Å². The molecule has 2 nitrogen and oxygen atoms in total. The van der Waals surface area contributed by atoms with Crippen LogP contribution in [0.2, 0.25) is 0 Å². The van der Waals surface area contributed by atoms with Crippen molar-refractivity contribution < 1.29 is 0 Å². The van der Waals surface area contributed by atoms with Crippen molar-refractivity contribution in [1.29, 1.82) is 0 Å². The van der Waals surface area contributed by atoms with E-state index >= 15 is 0 Å². The fourth-order valence-electron chi connectivity index (χ4n) is 1.69. The molecule has 1 saturated heterocycles. The van der Waals surface area contributed by atoms with Gasteiger partial charge in [0.15, 0.2) is 0 Å². The molecule has 2 fully saturated rings. The molecule has 0 aromatic carbocycles. The first kappa shape index (κ1) is 6.62. The molecule has 2 heteroatoms. The van der Waals surface area contributed by atoms with Gasteiger partial charge < -0.3 is 10.2 Å². The highest BCUT2D eigenvalue weighted by Gasteiger charge is 2.42. The Balaban J connectivity index is 1.92. The van der Waals surface area contributed by atoms with E-state index in [0.29, 0.717) is 5.54 Å². The van der Waals surface area contributed by atoms with Crippen molar-refractivity contribution in [3.8, 4) is 0 Å². The summed E-state index contributed by atoms with van der Waals surface area (Å²) in [6, 6.07) is 0. The summed E-state index contributed by atoms with van der Waals surface area (Å²) in [6.45, 7) is 3.70. The zero-order valence-electron chi connectivity index (χ0n) is 6.69. The molecule has 1 aliphatic carbocycles. The predicted octanol–water partition coefficient (Wildman–Crippen LogP) is 0.444. The first-order valence-corrected chi connectivity index (χ1v) is 4.24. The van der Waals surface area contributed by atoms with Crippen LogP contribution < -0.4 is 5.32 Å². The number of nitrogens with zero attached hydrogens (tertiary/aromatic N) is 1. The maximum absolute atomic E-state index is 3.62. The fourth-order valence-corrected chi connectivity index (χ4v) is 1.69. The predicted molar refractivity (Wildman–Crippen MR) is 42.1 cm³/mol. The molecule has 0 aromatic heterocycles. The summed E-state index contributed by atoms with van der Waals surface area (Å²) in [4.78, 5) is 2.42. The quantitative estimate of drug-likeness (QED) is 0.525. The third kappa shape index (κ3) is 1.18. The zero-order valence-corrected chi connectivity index (χ0v) is 6.69. The van der Waals surface area contributed by atoms with Crippen molar-refractivity contribution in [2.75, 3.05) is 26.7 Å². The lowest BCUT2D eigenvalue weighted by Gasteiger charge is -2.12. The van der Waals surface area contributed by atoms with Gasteiger partial charge in [0, 0.05) is 18.6 Å². The molecule has 0 atom stereocenters. The topological polar surface area (TPSA) is 15.3 Å². The largest absolute Gasteiger partial charge is 0.310 e. The van der Waals surface area contributed by atoms with Crippen LogP contribution in [0, 0.1) is 0 Å². The third-order valence-corrected chi connectivity index (χ3v) is 2.82. The second-order valence-corrected chi connectivity index (χ2v) is 3.76. The SMILES string of the molecule is CN1CCNC2(CC1)CC2. The van der Waals surface area contributed by atoms with Gasteiger partial charge >= 0.3 is 0 Å². The van der Waals surface area contributed by atoms with E-state index in [0.717, 1.165) is 0 Å². The van der Waals surface area contributed by atoms with E-state index in [4.69, 9.17) is 0 Å². The minimum atomic E-state index is 0.602. The molecule has 1 spiro atoms. The number of likely N-dealkylation sites (N-methyl/N-ethyl adjacent to an activating group) is 1. The van der Waals surface area contributed by atoms with Crippen LogP contribution in [-0.4, -0.2) is 37.1 Å². The first-order chi connectivity index (χ1) is 4.81. The molecule has 1 N–H and O–H groups in total. The highest BCUT2D eigenvalue weighted by molar-refractivity contribution is 5.03. The molecule has 0 amide bonds. The van der Waals surface area contributed by atoms with E-state index in [1.165, 1.54) is 38.9 Å². The van der Waals surface area contributed by atoms with Gasteiger partial charge in [-0.15, -0.1) is 0 Å². The van der Waals surface area contributed by atoms with Crippen molar-refractivity contribution >= 4 is 0 Å². The maximum Gasteiger partial charge on any atom is 0.0195 e. The van der Waals surface area contributed by atoms with Crippen LogP contribution in [0.25, 0.3) is 0 Å². The molecular weight excluding hydrogens is 124 g/mol. The zero-order chi connectivity index (χ0) is 7.03. The standard InChI is InChI=1S/C8H16N2/c1-10-6-4-8(2-3-8)9-5-7-10/h9H,2-7H2,1H3. The molecule has 58 valence electrons. The van der Waals surface area contributed by atoms with E-state index in [1.807, 2.05) is 0 Å². The smallest absolute Gasteiger partial charge is 0.0195 e. The van der Waals surface area contributed by atoms with Crippen LogP contribution in [0.4, 0.5) is 0 Å². The highest BCUT2D eigenvalue weighted by atomic mass is 15.2. The van der Waals surface area contributed by atoms with Gasteiger partial charge in [-0.1, -0.05) is 0 Å². The number of rotatable bonds is 0. The van der Waals surface area contributed by atoms with Gasteiger partial charge in [0.05, 0.1) is 0 Å². The maximum atomic E-state index is 3.62. The molecule has 0 bridgehead atoms. The van der Waals surface area contributed by atoms with E-state index in [-0.39, 0.29) is 0 Å². The Labute approximate surface area is 62.6 Å². The Kier molecular flexibility index (Phi) is 1.46. The van der Waals surface area contributed by atoms with Crippen LogP contribution in [0.3, 0.4) is 0 Å². The lowest BCUT2D eigenvalue weighted by Crippen LogP contribution is -2.31. The average molecular weight is 140 g/mol. The monoisotopic (exact) mass is 140 g/mol. The van der Waals surface area contributed by atoms with Gasteiger partial charge in [0.2, 0.25) is 0 Å². The van der Waals surface area contributed by atoms with Gasteiger partial charge in [0.1, 0.15) is 0 Å². The van der Waals surface area contributed by atoms with Crippen LogP contribution in [0.1, 0.15) is 19.3 Å². The summed E-state index contributed by atoms with van der Waals surface area (Å²) in [5.74, 6) is 0. The summed E-state index contributed by atoms with van der Waals surface area (Å²) in [5, 5.41) is 3.62. The summed E-state index contributed by atoms with van der Waals surface area (Å²) in [7, 11) is 2.21. The second-order valence-electron chi connectivity index (χ2n) is 3.76. The van der Waals surface area contributed by atoms with Crippen LogP contribution >= 0.6 is 0 Å². The molecule has 1 heterocycles. The van der Waals surface area contributed by atoms with E-state index in [1.54, 1.807) is 0 Å². The van der Waals surface area contributed by atoms with Crippen molar-refractivity contribution in [2.24, 2.45) is 0 Å². The number of hydrogen-bond acceptors (Lipinski definition) is 2. The Hall–Kier alpha value is -0.0800. The second kappa shape index (κ2) is 2.21. The summed E-state index contributed by atoms with van der Waals surface area (Å²) < 4.78 is 0. The minimum Gasteiger partial charge on any atom is -0.310 e. The third-order valence-electron chi connectivity index (χ3n) is 2.82. The Morgan fingerprint density at radius 1 is 1.20 bits per heavy atom. The molecule has 0 unspecified atom stereocenters. The fraction of sp³-hybridized carbons (Fsp3) is 1.00.